The Morgan fingerprint density at radius 2 is 0.692 bits per heavy atom. The van der Waals surface area contributed by atoms with E-state index in [1.165, 1.54) is 127 Å². The summed E-state index contributed by atoms with van der Waals surface area (Å²) in [4.78, 5) is 12.8. The van der Waals surface area contributed by atoms with Gasteiger partial charge < -0.3 is 19.6 Å². The van der Waals surface area contributed by atoms with Crippen LogP contribution in [0, 0.1) is 0 Å². The van der Waals surface area contributed by atoms with Crippen molar-refractivity contribution < 1.29 is 0 Å². The maximum Gasteiger partial charge on any atom is 0.249 e. The molecule has 0 unspecified atom stereocenters. The van der Waals surface area contributed by atoms with E-state index in [1.54, 1.807) is 0 Å². The smallest absolute Gasteiger partial charge is 0.249 e. The molecule has 0 aromatic heterocycles. The van der Waals surface area contributed by atoms with Gasteiger partial charge in [-0.15, -0.1) is 0 Å². The third-order valence-electron chi connectivity index (χ3n) is 24.4. The molecule has 1 spiro atoms. The number of para-hydroxylation sites is 6. The van der Waals surface area contributed by atoms with Crippen LogP contribution in [-0.2, 0) is 21.7 Å². The summed E-state index contributed by atoms with van der Waals surface area (Å²) in [5.41, 5.74) is 37.6. The summed E-state index contributed by atoms with van der Waals surface area (Å²) in [7, 11) is 0. The van der Waals surface area contributed by atoms with Crippen LogP contribution in [0.3, 0.4) is 0 Å². The number of hydrogen-bond acceptors (Lipinski definition) is 5. The van der Waals surface area contributed by atoms with Gasteiger partial charge in [-0.1, -0.05) is 302 Å². The summed E-state index contributed by atoms with van der Waals surface area (Å²) in [6.45, 7) is 16.5. The monoisotopic (exact) mass is 1390 g/mol. The van der Waals surface area contributed by atoms with Crippen molar-refractivity contribution in [3.63, 3.8) is 0 Å². The molecule has 21 rings (SSSR count). The normalized spacial score (nSPS) is 15.1. The zero-order chi connectivity index (χ0) is 71.8. The minimum absolute atomic E-state index is 0.164. The number of nitrogens with zero attached hydrogens (tertiary/aromatic N) is 4. The Kier molecular flexibility index (Phi) is 13.9. The van der Waals surface area contributed by atoms with Crippen LogP contribution < -0.4 is 36.0 Å². The molecule has 0 radical (unpaired) electrons. The second-order valence-corrected chi connectivity index (χ2v) is 33.0. The Balaban J connectivity index is 0.882. The molecule has 0 fully saturated rings. The van der Waals surface area contributed by atoms with E-state index in [9.17, 15) is 0 Å². The van der Waals surface area contributed by atoms with Crippen LogP contribution >= 0.6 is 11.8 Å². The van der Waals surface area contributed by atoms with Crippen molar-refractivity contribution in [1.29, 1.82) is 0 Å². The predicted molar refractivity (Wildman–Crippen MR) is 451 cm³/mol. The lowest BCUT2D eigenvalue weighted by atomic mass is 9.34. The lowest BCUT2D eigenvalue weighted by Gasteiger charge is -2.45. The molecule has 1 aliphatic carbocycles. The second kappa shape index (κ2) is 23.5. The molecule has 0 N–H and O–H groups in total. The molecule has 5 heterocycles. The topological polar surface area (TPSA) is 13.0 Å². The van der Waals surface area contributed by atoms with Crippen molar-refractivity contribution in [1.82, 2.24) is 0 Å². The summed E-state index contributed by atoms with van der Waals surface area (Å²) >= 11 is 1.94. The first-order valence-corrected chi connectivity index (χ1v) is 38.6. The van der Waals surface area contributed by atoms with Gasteiger partial charge in [0.15, 0.2) is 0 Å². The minimum Gasteiger partial charge on any atom is -0.310 e. The average molecular weight is 1390 g/mol. The fourth-order valence-electron chi connectivity index (χ4n) is 19.4. The molecule has 510 valence electrons. The van der Waals surface area contributed by atoms with Gasteiger partial charge in [0.25, 0.3) is 0 Å². The molecule has 6 heteroatoms. The van der Waals surface area contributed by atoms with Gasteiger partial charge in [0, 0.05) is 60.2 Å². The zero-order valence-corrected chi connectivity index (χ0v) is 61.9. The average Bonchev–Trinajstić information content (AvgIpc) is 1.58. The molecular formula is C101H77BN4S. The van der Waals surface area contributed by atoms with Crippen molar-refractivity contribution in [2.75, 3.05) is 19.6 Å². The van der Waals surface area contributed by atoms with E-state index >= 15 is 0 Å². The van der Waals surface area contributed by atoms with E-state index in [0.29, 0.717) is 0 Å². The number of anilines is 12. The highest BCUT2D eigenvalue weighted by Gasteiger charge is 2.53. The van der Waals surface area contributed by atoms with Crippen LogP contribution in [0.4, 0.5) is 68.2 Å². The van der Waals surface area contributed by atoms with E-state index in [1.807, 2.05) is 11.8 Å². The number of hydrogen-bond donors (Lipinski definition) is 0. The highest BCUT2D eigenvalue weighted by atomic mass is 32.2. The Morgan fingerprint density at radius 1 is 0.271 bits per heavy atom. The maximum absolute atomic E-state index is 2.74. The molecule has 107 heavy (non-hydrogen) atoms. The SMILES string of the molecule is CC(C)(C)c1cc(-c2ccccc2)c(N2c3cc(N4c5ccccc5C(C)(C)c5ccccc54)ccc3B3c4ccc(N5c6ccccc6C(C)(C)c6ccccc65)cc4Sc4cc(-c5ccc6c(c5)C5(c7ccccc7-c7ccccc75)c5ccccc5N6c5ccccc5)cc2c43)c(-c2ccccc2)c1. The van der Waals surface area contributed by atoms with Crippen LogP contribution in [0.1, 0.15) is 98.5 Å². The van der Waals surface area contributed by atoms with E-state index in [2.05, 4.69) is 408 Å². The second-order valence-electron chi connectivity index (χ2n) is 31.9. The Bertz CT molecular complexity index is 6000. The third-order valence-corrected chi connectivity index (χ3v) is 25.5. The first kappa shape index (κ1) is 63.4. The summed E-state index contributed by atoms with van der Waals surface area (Å²) in [6, 6.07) is 130. The molecule has 6 aliphatic rings. The number of fused-ring (bicyclic) bond motifs is 17. The van der Waals surface area contributed by atoms with Gasteiger partial charge in [-0.25, -0.2) is 0 Å². The Hall–Kier alpha value is -12.1. The van der Waals surface area contributed by atoms with Crippen LogP contribution in [0.25, 0.3) is 44.5 Å². The zero-order valence-electron chi connectivity index (χ0n) is 61.1. The number of rotatable bonds is 7. The molecule has 0 saturated carbocycles. The van der Waals surface area contributed by atoms with Gasteiger partial charge in [0.2, 0.25) is 6.71 Å². The van der Waals surface area contributed by atoms with E-state index in [0.717, 1.165) is 62.1 Å². The first-order chi connectivity index (χ1) is 52.2. The molecule has 0 saturated heterocycles. The molecule has 0 bridgehead atoms. The summed E-state index contributed by atoms with van der Waals surface area (Å²) < 4.78 is 0. The minimum atomic E-state index is -0.661. The quantitative estimate of drug-likeness (QED) is 0.147. The first-order valence-electron chi connectivity index (χ1n) is 37.8. The molecule has 15 aromatic carbocycles. The predicted octanol–water partition coefficient (Wildman–Crippen LogP) is 25.1. The van der Waals surface area contributed by atoms with Gasteiger partial charge in [0.05, 0.1) is 45.2 Å². The molecule has 0 atom stereocenters. The van der Waals surface area contributed by atoms with Crippen molar-refractivity contribution in [2.45, 2.75) is 79.9 Å². The van der Waals surface area contributed by atoms with Crippen LogP contribution in [0.5, 0.6) is 0 Å². The van der Waals surface area contributed by atoms with Gasteiger partial charge in [-0.05, 0) is 203 Å². The van der Waals surface area contributed by atoms with Crippen molar-refractivity contribution in [3.8, 4) is 44.5 Å². The fraction of sp³-hybridized carbons (Fsp3) is 0.109. The molecular weight excluding hydrogens is 1310 g/mol. The summed E-state index contributed by atoms with van der Waals surface area (Å²) in [6.07, 6.45) is 0. The molecule has 0 amide bonds. The largest absolute Gasteiger partial charge is 0.310 e. The Labute approximate surface area is 632 Å². The standard InChI is InChI=1S/C101H77BN4S/c1-98(2,3)68-60-74(64-31-11-8-12-32-64)97(75(61-68)65-33-13-9-14-34-65)106-92-62-70(104-86-46-26-21-41-78(86)99(4,5)79-42-22-27-47-87(79)104)52-54-84(92)102-85-55-53-71(105-88-48-28-23-43-80(88)100(6,7)81-44-24-29-49-89(81)105)63-94(85)107-95-59-67(58-93(106)96(95)102)66-51-56-91-83(57-66)101(76-39-19-17-37-72(76)73-38-18-20-40-77(73)101)82-45-25-30-50-90(82)103(91)69-35-15-10-16-36-69/h8-63H,1-7H3. The summed E-state index contributed by atoms with van der Waals surface area (Å²) in [5.74, 6) is 0. The summed E-state index contributed by atoms with van der Waals surface area (Å²) in [5, 5.41) is 0. The van der Waals surface area contributed by atoms with Gasteiger partial charge in [-0.2, -0.15) is 0 Å². The fourth-order valence-corrected chi connectivity index (χ4v) is 20.7. The maximum atomic E-state index is 2.74. The van der Waals surface area contributed by atoms with Crippen molar-refractivity contribution in [3.05, 3.63) is 390 Å². The highest BCUT2D eigenvalue weighted by Crippen LogP contribution is 2.65. The van der Waals surface area contributed by atoms with E-state index in [-0.39, 0.29) is 23.0 Å². The van der Waals surface area contributed by atoms with Crippen LogP contribution in [0.15, 0.2) is 350 Å². The van der Waals surface area contributed by atoms with Crippen LogP contribution in [-0.4, -0.2) is 6.71 Å². The molecule has 4 nitrogen and oxygen atoms in total. The Morgan fingerprint density at radius 3 is 1.21 bits per heavy atom. The third kappa shape index (κ3) is 9.18. The van der Waals surface area contributed by atoms with Gasteiger partial charge in [-0.3, -0.25) is 0 Å². The molecule has 5 aliphatic heterocycles. The molecule has 15 aromatic rings. The van der Waals surface area contributed by atoms with Gasteiger partial charge >= 0.3 is 0 Å². The highest BCUT2D eigenvalue weighted by molar-refractivity contribution is 8.00. The lowest BCUT2D eigenvalue weighted by molar-refractivity contribution is 0.591. The van der Waals surface area contributed by atoms with Gasteiger partial charge in [0.1, 0.15) is 0 Å². The number of benzene rings is 15. The van der Waals surface area contributed by atoms with Crippen LogP contribution in [0.2, 0.25) is 0 Å². The van der Waals surface area contributed by atoms with Crippen molar-refractivity contribution in [2.24, 2.45) is 0 Å². The van der Waals surface area contributed by atoms with E-state index in [4.69, 9.17) is 0 Å². The van der Waals surface area contributed by atoms with E-state index < -0.39 is 5.41 Å². The van der Waals surface area contributed by atoms with Crippen molar-refractivity contribution >= 4 is 103 Å². The lowest BCUT2D eigenvalue weighted by Crippen LogP contribution is -2.60.